The van der Waals surface area contributed by atoms with Crippen LogP contribution in [0.15, 0.2) is 48.7 Å². The maximum absolute atomic E-state index is 12.3. The third-order valence-corrected chi connectivity index (χ3v) is 3.63. The number of pyridine rings is 1. The first-order valence-electron chi connectivity index (χ1n) is 7.00. The number of anilines is 2. The van der Waals surface area contributed by atoms with Gasteiger partial charge < -0.3 is 10.6 Å². The molecule has 2 heterocycles. The third-order valence-electron chi connectivity index (χ3n) is 3.63. The quantitative estimate of drug-likeness (QED) is 0.927. The number of carbonyl (C=O) groups is 1. The Kier molecular flexibility index (Phi) is 3.83. The topological polar surface area (TPSA) is 62.5 Å². The molecule has 21 heavy (non-hydrogen) atoms. The zero-order chi connectivity index (χ0) is 14.7. The van der Waals surface area contributed by atoms with Crippen LogP contribution in [0, 0.1) is 0 Å². The van der Waals surface area contributed by atoms with Crippen LogP contribution in [0.25, 0.3) is 0 Å². The summed E-state index contributed by atoms with van der Waals surface area (Å²) in [7, 11) is 0. The van der Waals surface area contributed by atoms with Crippen LogP contribution in [-0.2, 0) is 11.3 Å². The van der Waals surface area contributed by atoms with Crippen LogP contribution in [-0.4, -0.2) is 35.4 Å². The van der Waals surface area contributed by atoms with Crippen molar-refractivity contribution in [3.8, 4) is 0 Å². The highest BCUT2D eigenvalue weighted by molar-refractivity contribution is 5.95. The van der Waals surface area contributed by atoms with Crippen molar-refractivity contribution in [2.45, 2.75) is 6.54 Å². The fraction of sp³-hybridized carbons (Fsp3) is 0.250. The van der Waals surface area contributed by atoms with E-state index in [1.807, 2.05) is 24.3 Å². The molecule has 1 aliphatic rings. The van der Waals surface area contributed by atoms with Crippen molar-refractivity contribution in [3.63, 3.8) is 0 Å². The Balaban J connectivity index is 1.64. The lowest BCUT2D eigenvalue weighted by atomic mass is 10.2. The van der Waals surface area contributed by atoms with Crippen molar-refractivity contribution in [1.29, 1.82) is 0 Å². The number of nitrogens with two attached hydrogens (primary N) is 1. The van der Waals surface area contributed by atoms with Crippen LogP contribution in [0.5, 0.6) is 0 Å². The van der Waals surface area contributed by atoms with E-state index >= 15 is 0 Å². The van der Waals surface area contributed by atoms with Crippen molar-refractivity contribution in [3.05, 3.63) is 54.2 Å². The van der Waals surface area contributed by atoms with E-state index < -0.39 is 0 Å². The summed E-state index contributed by atoms with van der Waals surface area (Å²) in [5, 5.41) is 0. The molecule has 0 unspecified atom stereocenters. The van der Waals surface area contributed by atoms with Gasteiger partial charge in [-0.15, -0.1) is 0 Å². The van der Waals surface area contributed by atoms with Gasteiger partial charge in [0.15, 0.2) is 0 Å². The Labute approximate surface area is 124 Å². The molecule has 0 bridgehead atoms. The summed E-state index contributed by atoms with van der Waals surface area (Å²) in [4.78, 5) is 20.3. The summed E-state index contributed by atoms with van der Waals surface area (Å²) < 4.78 is 0. The highest BCUT2D eigenvalue weighted by Gasteiger charge is 2.25. The summed E-state index contributed by atoms with van der Waals surface area (Å²) >= 11 is 0. The Morgan fingerprint density at radius 1 is 1.10 bits per heavy atom. The molecule has 0 radical (unpaired) electrons. The molecule has 1 aromatic heterocycles. The van der Waals surface area contributed by atoms with E-state index in [0.29, 0.717) is 18.9 Å². The molecule has 1 saturated heterocycles. The summed E-state index contributed by atoms with van der Waals surface area (Å²) in [6.07, 6.45) is 1.65. The van der Waals surface area contributed by atoms with Gasteiger partial charge in [0, 0.05) is 19.6 Å². The van der Waals surface area contributed by atoms with Gasteiger partial charge in [0.05, 0.1) is 18.4 Å². The molecule has 0 spiro atoms. The zero-order valence-electron chi connectivity index (χ0n) is 11.8. The first kappa shape index (κ1) is 13.6. The molecular weight excluding hydrogens is 264 g/mol. The van der Waals surface area contributed by atoms with Gasteiger partial charge >= 0.3 is 0 Å². The maximum atomic E-state index is 12.3. The van der Waals surface area contributed by atoms with Crippen LogP contribution >= 0.6 is 0 Å². The van der Waals surface area contributed by atoms with Gasteiger partial charge in [-0.1, -0.05) is 30.3 Å². The highest BCUT2D eigenvalue weighted by Crippen LogP contribution is 2.18. The van der Waals surface area contributed by atoms with Crippen molar-refractivity contribution >= 4 is 17.4 Å². The number of piperazine rings is 1. The van der Waals surface area contributed by atoms with Crippen LogP contribution in [0.4, 0.5) is 11.5 Å². The predicted octanol–water partition coefficient (Wildman–Crippen LogP) is 1.51. The number of hydrogen-bond donors (Lipinski definition) is 1. The van der Waals surface area contributed by atoms with Crippen LogP contribution in [0.3, 0.4) is 0 Å². The summed E-state index contributed by atoms with van der Waals surface area (Å²) in [6, 6.07) is 13.8. The van der Waals surface area contributed by atoms with E-state index in [1.54, 1.807) is 17.2 Å². The average molecular weight is 282 g/mol. The Morgan fingerprint density at radius 2 is 1.90 bits per heavy atom. The lowest BCUT2D eigenvalue weighted by molar-refractivity contribution is -0.121. The van der Waals surface area contributed by atoms with Crippen molar-refractivity contribution < 1.29 is 4.79 Å². The molecule has 3 rings (SSSR count). The fourth-order valence-corrected chi connectivity index (χ4v) is 2.53. The minimum atomic E-state index is 0.101. The van der Waals surface area contributed by atoms with Gasteiger partial charge in [0.25, 0.3) is 0 Å². The third kappa shape index (κ3) is 3.20. The number of amides is 1. The number of aromatic nitrogens is 1. The van der Waals surface area contributed by atoms with E-state index in [9.17, 15) is 4.79 Å². The lowest BCUT2D eigenvalue weighted by Crippen LogP contribution is -2.50. The monoisotopic (exact) mass is 282 g/mol. The molecule has 0 saturated carbocycles. The normalized spacial score (nSPS) is 16.2. The maximum Gasteiger partial charge on any atom is 0.241 e. The summed E-state index contributed by atoms with van der Waals surface area (Å²) in [5.41, 5.74) is 7.62. The predicted molar refractivity (Wildman–Crippen MR) is 82.7 cm³/mol. The number of hydrogen-bond acceptors (Lipinski definition) is 4. The van der Waals surface area contributed by atoms with Gasteiger partial charge in [-0.25, -0.2) is 4.98 Å². The molecule has 2 aromatic rings. The minimum Gasteiger partial charge on any atom is -0.384 e. The first-order valence-corrected chi connectivity index (χ1v) is 7.00. The number of benzene rings is 1. The van der Waals surface area contributed by atoms with E-state index in [1.165, 1.54) is 5.56 Å². The van der Waals surface area contributed by atoms with Gasteiger partial charge in [0.2, 0.25) is 5.91 Å². The smallest absolute Gasteiger partial charge is 0.241 e. The first-order chi connectivity index (χ1) is 10.2. The van der Waals surface area contributed by atoms with E-state index in [-0.39, 0.29) is 5.91 Å². The molecule has 1 aliphatic heterocycles. The Bertz CT molecular complexity index is 612. The summed E-state index contributed by atoms with van der Waals surface area (Å²) in [6.45, 7) is 2.77. The summed E-state index contributed by atoms with van der Waals surface area (Å²) in [5.74, 6) is 0.567. The zero-order valence-corrected chi connectivity index (χ0v) is 11.8. The van der Waals surface area contributed by atoms with Crippen LogP contribution in [0.2, 0.25) is 0 Å². The van der Waals surface area contributed by atoms with Crippen LogP contribution in [0.1, 0.15) is 5.56 Å². The largest absolute Gasteiger partial charge is 0.384 e. The lowest BCUT2D eigenvalue weighted by Gasteiger charge is -2.34. The molecule has 1 fully saturated rings. The van der Waals surface area contributed by atoms with Crippen molar-refractivity contribution in [1.82, 2.24) is 9.88 Å². The second-order valence-corrected chi connectivity index (χ2v) is 5.18. The van der Waals surface area contributed by atoms with E-state index in [2.05, 4.69) is 22.0 Å². The molecule has 5 nitrogen and oxygen atoms in total. The molecule has 1 amide bonds. The fourth-order valence-electron chi connectivity index (χ4n) is 2.53. The molecular formula is C16H18N4O. The molecule has 2 N–H and O–H groups in total. The number of rotatable bonds is 3. The van der Waals surface area contributed by atoms with E-state index in [4.69, 9.17) is 5.73 Å². The molecule has 0 aliphatic carbocycles. The van der Waals surface area contributed by atoms with Crippen molar-refractivity contribution in [2.75, 3.05) is 30.3 Å². The number of nitrogen functional groups attached to an aromatic ring is 1. The molecule has 0 atom stereocenters. The second kappa shape index (κ2) is 5.93. The van der Waals surface area contributed by atoms with Gasteiger partial charge in [-0.05, 0) is 17.7 Å². The van der Waals surface area contributed by atoms with Gasteiger partial charge in [0.1, 0.15) is 5.82 Å². The Morgan fingerprint density at radius 3 is 2.57 bits per heavy atom. The molecule has 5 heteroatoms. The van der Waals surface area contributed by atoms with Gasteiger partial charge in [-0.3, -0.25) is 9.69 Å². The number of nitrogens with zero attached hydrogens (tertiary/aromatic N) is 3. The second-order valence-electron chi connectivity index (χ2n) is 5.18. The molecule has 108 valence electrons. The standard InChI is InChI=1S/C16H18N4O/c17-15-7-6-14(10-18-15)20-9-8-19(12-16(20)21)11-13-4-2-1-3-5-13/h1-7,10H,8-9,11-12H2,(H2,17,18). The van der Waals surface area contributed by atoms with E-state index in [0.717, 1.165) is 18.8 Å². The Hall–Kier alpha value is -2.40. The number of carbonyl (C=O) groups excluding carboxylic acids is 1. The highest BCUT2D eigenvalue weighted by atomic mass is 16.2. The van der Waals surface area contributed by atoms with Crippen LogP contribution < -0.4 is 10.6 Å². The SMILES string of the molecule is Nc1ccc(N2CCN(Cc3ccccc3)CC2=O)cn1. The molecule has 1 aromatic carbocycles. The minimum absolute atomic E-state index is 0.101. The van der Waals surface area contributed by atoms with Gasteiger partial charge in [-0.2, -0.15) is 0 Å². The average Bonchev–Trinajstić information content (AvgIpc) is 2.50. The van der Waals surface area contributed by atoms with Crippen molar-refractivity contribution in [2.24, 2.45) is 0 Å².